The van der Waals surface area contributed by atoms with Crippen molar-refractivity contribution in [2.45, 2.75) is 0 Å². The first kappa shape index (κ1) is 19.4. The first-order valence-electron chi connectivity index (χ1n) is 7.42. The van der Waals surface area contributed by atoms with E-state index in [0.29, 0.717) is 5.69 Å². The fourth-order valence-corrected chi connectivity index (χ4v) is 3.04. The summed E-state index contributed by atoms with van der Waals surface area (Å²) in [5, 5.41) is 2.52. The number of halogens is 1. The minimum absolute atomic E-state index is 0.160. The lowest BCUT2D eigenvalue weighted by molar-refractivity contribution is -0.114. The molecule has 0 aromatic heterocycles. The Bertz CT molecular complexity index is 913. The molecule has 0 heterocycles. The van der Waals surface area contributed by atoms with Gasteiger partial charge in [0.1, 0.15) is 12.4 Å². The number of nitrogens with one attached hydrogen (secondary N) is 1. The second-order valence-electron chi connectivity index (χ2n) is 5.37. The molecule has 138 valence electrons. The van der Waals surface area contributed by atoms with Gasteiger partial charge in [0.25, 0.3) is 0 Å². The summed E-state index contributed by atoms with van der Waals surface area (Å²) in [5.41, 5.74) is 0.710. The quantitative estimate of drug-likeness (QED) is 0.774. The predicted molar refractivity (Wildman–Crippen MR) is 95.0 cm³/mol. The number of carbonyl (C=O) groups excluding carboxylic acids is 2. The number of sulfonamides is 1. The molecule has 0 aliphatic heterocycles. The summed E-state index contributed by atoms with van der Waals surface area (Å²) in [7, 11) is -2.53. The molecule has 0 radical (unpaired) electrons. The molecule has 1 N–H and O–H groups in total. The molecular formula is C17H17FN2O5S. The smallest absolute Gasteiger partial charge is 0.337 e. The Morgan fingerprint density at radius 1 is 1.15 bits per heavy atom. The van der Waals surface area contributed by atoms with Gasteiger partial charge in [0.05, 0.1) is 24.6 Å². The highest BCUT2D eigenvalue weighted by Crippen LogP contribution is 2.18. The lowest BCUT2D eigenvalue weighted by Gasteiger charge is -2.21. The van der Waals surface area contributed by atoms with Gasteiger partial charge in [0.2, 0.25) is 15.9 Å². The van der Waals surface area contributed by atoms with E-state index < -0.39 is 34.3 Å². The highest BCUT2D eigenvalue weighted by molar-refractivity contribution is 7.92. The van der Waals surface area contributed by atoms with Crippen molar-refractivity contribution in [2.24, 2.45) is 0 Å². The Hall–Kier alpha value is -2.94. The number of methoxy groups -OCH3 is 1. The Kier molecular flexibility index (Phi) is 5.93. The van der Waals surface area contributed by atoms with Crippen molar-refractivity contribution in [3.05, 3.63) is 59.9 Å². The van der Waals surface area contributed by atoms with E-state index in [1.807, 2.05) is 0 Å². The Labute approximate surface area is 150 Å². The van der Waals surface area contributed by atoms with Crippen molar-refractivity contribution in [2.75, 3.05) is 29.5 Å². The molecule has 0 fully saturated rings. The molecule has 0 unspecified atom stereocenters. The van der Waals surface area contributed by atoms with Gasteiger partial charge in [-0.15, -0.1) is 0 Å². The Balaban J connectivity index is 2.18. The summed E-state index contributed by atoms with van der Waals surface area (Å²) in [6.07, 6.45) is 0.946. The number of ether oxygens (including phenoxy) is 1. The summed E-state index contributed by atoms with van der Waals surface area (Å²) >= 11 is 0. The summed E-state index contributed by atoms with van der Waals surface area (Å²) in [4.78, 5) is 23.8. The topological polar surface area (TPSA) is 92.8 Å². The van der Waals surface area contributed by atoms with E-state index in [4.69, 9.17) is 0 Å². The lowest BCUT2D eigenvalue weighted by Crippen LogP contribution is -2.37. The predicted octanol–water partition coefficient (Wildman–Crippen LogP) is 2.02. The molecule has 7 nitrogen and oxygen atoms in total. The average Bonchev–Trinajstić information content (AvgIpc) is 2.59. The molecule has 0 saturated carbocycles. The van der Waals surface area contributed by atoms with Crippen LogP contribution in [0.25, 0.3) is 0 Å². The number of esters is 1. The van der Waals surface area contributed by atoms with Crippen LogP contribution in [0.2, 0.25) is 0 Å². The van der Waals surface area contributed by atoms with Crippen molar-refractivity contribution in [3.63, 3.8) is 0 Å². The number of hydrogen-bond donors (Lipinski definition) is 1. The van der Waals surface area contributed by atoms with Gasteiger partial charge in [-0.2, -0.15) is 0 Å². The standard InChI is InChI=1S/C17H17FN2O5S/c1-25-17(22)12-4-3-5-14(10-12)19-16(21)11-20(26(2,23)24)15-8-6-13(18)7-9-15/h3-10H,11H2,1-2H3,(H,19,21). The van der Waals surface area contributed by atoms with E-state index in [2.05, 4.69) is 10.1 Å². The largest absolute Gasteiger partial charge is 0.465 e. The van der Waals surface area contributed by atoms with Gasteiger partial charge in [0.15, 0.2) is 0 Å². The number of hydrogen-bond acceptors (Lipinski definition) is 5. The third-order valence-corrected chi connectivity index (χ3v) is 4.51. The van der Waals surface area contributed by atoms with Crippen LogP contribution in [-0.4, -0.2) is 40.2 Å². The van der Waals surface area contributed by atoms with Gasteiger partial charge >= 0.3 is 5.97 Å². The second kappa shape index (κ2) is 7.96. The molecule has 2 aromatic rings. The maximum Gasteiger partial charge on any atom is 0.337 e. The Morgan fingerprint density at radius 3 is 2.38 bits per heavy atom. The van der Waals surface area contributed by atoms with E-state index in [9.17, 15) is 22.4 Å². The normalized spacial score (nSPS) is 10.9. The third kappa shape index (κ3) is 5.03. The van der Waals surface area contributed by atoms with Gasteiger partial charge < -0.3 is 10.1 Å². The molecule has 0 bridgehead atoms. The molecule has 1 amide bonds. The minimum Gasteiger partial charge on any atom is -0.465 e. The van der Waals surface area contributed by atoms with E-state index >= 15 is 0 Å². The van der Waals surface area contributed by atoms with Crippen molar-refractivity contribution in [1.29, 1.82) is 0 Å². The van der Waals surface area contributed by atoms with Crippen LogP contribution in [0.3, 0.4) is 0 Å². The van der Waals surface area contributed by atoms with Crippen LogP contribution in [0.4, 0.5) is 15.8 Å². The van der Waals surface area contributed by atoms with Gasteiger partial charge in [0, 0.05) is 5.69 Å². The van der Waals surface area contributed by atoms with Crippen molar-refractivity contribution < 1.29 is 27.1 Å². The highest BCUT2D eigenvalue weighted by Gasteiger charge is 2.21. The monoisotopic (exact) mass is 380 g/mol. The maximum atomic E-state index is 13.0. The highest BCUT2D eigenvalue weighted by atomic mass is 32.2. The first-order valence-corrected chi connectivity index (χ1v) is 9.27. The Morgan fingerprint density at radius 2 is 1.81 bits per heavy atom. The van der Waals surface area contributed by atoms with Crippen LogP contribution < -0.4 is 9.62 Å². The fourth-order valence-electron chi connectivity index (χ4n) is 2.18. The summed E-state index contributed by atoms with van der Waals surface area (Å²) in [6, 6.07) is 10.8. The number of carbonyl (C=O) groups is 2. The van der Waals surface area contributed by atoms with Gasteiger partial charge in [-0.1, -0.05) is 6.07 Å². The van der Waals surface area contributed by atoms with Crippen LogP contribution in [0, 0.1) is 5.82 Å². The zero-order valence-corrected chi connectivity index (χ0v) is 14.9. The molecule has 26 heavy (non-hydrogen) atoms. The molecular weight excluding hydrogens is 363 g/mol. The number of benzene rings is 2. The van der Waals surface area contributed by atoms with E-state index in [1.54, 1.807) is 12.1 Å². The number of amides is 1. The summed E-state index contributed by atoms with van der Waals surface area (Å²) < 4.78 is 42.5. The molecule has 0 spiro atoms. The van der Waals surface area contributed by atoms with Crippen LogP contribution in [0.1, 0.15) is 10.4 Å². The van der Waals surface area contributed by atoms with Crippen LogP contribution >= 0.6 is 0 Å². The summed E-state index contributed by atoms with van der Waals surface area (Å²) in [6.45, 7) is -0.507. The zero-order chi connectivity index (χ0) is 19.3. The number of nitrogens with zero attached hydrogens (tertiary/aromatic N) is 1. The zero-order valence-electron chi connectivity index (χ0n) is 14.1. The SMILES string of the molecule is COC(=O)c1cccc(NC(=O)CN(c2ccc(F)cc2)S(C)(=O)=O)c1. The minimum atomic E-state index is -3.77. The molecule has 0 saturated heterocycles. The van der Waals surface area contributed by atoms with Crippen LogP contribution in [-0.2, 0) is 19.6 Å². The van der Waals surface area contributed by atoms with E-state index in [1.165, 1.54) is 31.4 Å². The van der Waals surface area contributed by atoms with Crippen molar-refractivity contribution >= 4 is 33.3 Å². The third-order valence-electron chi connectivity index (χ3n) is 3.37. The first-order chi connectivity index (χ1) is 12.2. The van der Waals surface area contributed by atoms with Gasteiger partial charge in [-0.3, -0.25) is 9.10 Å². The maximum absolute atomic E-state index is 13.0. The van der Waals surface area contributed by atoms with Crippen LogP contribution in [0.5, 0.6) is 0 Å². The molecule has 2 aromatic carbocycles. The van der Waals surface area contributed by atoms with Crippen molar-refractivity contribution in [1.82, 2.24) is 0 Å². The number of anilines is 2. The fraction of sp³-hybridized carbons (Fsp3) is 0.176. The van der Waals surface area contributed by atoms with Gasteiger partial charge in [-0.05, 0) is 42.5 Å². The molecule has 9 heteroatoms. The molecule has 2 rings (SSSR count). The molecule has 0 atom stereocenters. The second-order valence-corrected chi connectivity index (χ2v) is 7.27. The summed E-state index contributed by atoms with van der Waals surface area (Å²) in [5.74, 6) is -1.71. The lowest BCUT2D eigenvalue weighted by atomic mass is 10.2. The van der Waals surface area contributed by atoms with Crippen LogP contribution in [0.15, 0.2) is 48.5 Å². The van der Waals surface area contributed by atoms with Gasteiger partial charge in [-0.25, -0.2) is 17.6 Å². The number of rotatable bonds is 6. The van der Waals surface area contributed by atoms with Crippen molar-refractivity contribution in [3.8, 4) is 0 Å². The molecule has 0 aliphatic carbocycles. The molecule has 0 aliphatic rings. The van der Waals surface area contributed by atoms with E-state index in [-0.39, 0.29) is 11.3 Å². The average molecular weight is 380 g/mol. The van der Waals surface area contributed by atoms with E-state index in [0.717, 1.165) is 22.7 Å².